The molecule has 3 atom stereocenters. The molecule has 12 nitrogen and oxygen atoms in total. The zero-order chi connectivity index (χ0) is 33.9. The summed E-state index contributed by atoms with van der Waals surface area (Å²) in [5.74, 6) is 0.875. The van der Waals surface area contributed by atoms with E-state index in [1.165, 1.54) is 11.1 Å². The molecular weight excluding hydrogens is 622 g/mol. The number of nitrogens with one attached hydrogen (secondary N) is 3. The van der Waals surface area contributed by atoms with E-state index in [1.54, 1.807) is 9.80 Å². The van der Waals surface area contributed by atoms with Crippen molar-refractivity contribution in [3.8, 4) is 0 Å². The maximum Gasteiger partial charge on any atom is 0.410 e. The van der Waals surface area contributed by atoms with Gasteiger partial charge in [-0.05, 0) is 93.3 Å². The van der Waals surface area contributed by atoms with Crippen molar-refractivity contribution in [1.29, 1.82) is 0 Å². The summed E-state index contributed by atoms with van der Waals surface area (Å²) in [5.41, 5.74) is 5.23. The van der Waals surface area contributed by atoms with E-state index in [2.05, 4.69) is 50.0 Å². The number of aromatic amines is 1. The van der Waals surface area contributed by atoms with E-state index in [-0.39, 0.29) is 48.4 Å². The molecule has 4 heterocycles. The zero-order valence-corrected chi connectivity index (χ0v) is 28.0. The minimum absolute atomic E-state index is 0.0850. The third kappa shape index (κ3) is 7.80. The number of rotatable bonds is 9. The molecule has 1 saturated carbocycles. The van der Waals surface area contributed by atoms with Crippen molar-refractivity contribution in [1.82, 2.24) is 25.3 Å². The van der Waals surface area contributed by atoms with Gasteiger partial charge in [0.05, 0.1) is 6.42 Å². The Hall–Kier alpha value is -4.71. The third-order valence-corrected chi connectivity index (χ3v) is 10.6. The number of carbonyl (C=O) groups excluding carboxylic acids is 4. The highest BCUT2D eigenvalue weighted by Crippen LogP contribution is 2.36. The van der Waals surface area contributed by atoms with Gasteiger partial charge >= 0.3 is 12.1 Å². The minimum Gasteiger partial charge on any atom is -0.446 e. The number of H-pyrrole nitrogens is 1. The molecule has 3 saturated heterocycles. The molecule has 49 heavy (non-hydrogen) atoms. The first kappa shape index (κ1) is 32.8. The van der Waals surface area contributed by atoms with E-state index in [1.807, 2.05) is 37.3 Å². The highest BCUT2D eigenvalue weighted by atomic mass is 16.6. The summed E-state index contributed by atoms with van der Waals surface area (Å²) in [4.78, 5) is 54.7. The quantitative estimate of drug-likeness (QED) is 0.282. The Bertz CT molecular complexity index is 1660. The first-order chi connectivity index (χ1) is 23.8. The molecule has 4 aliphatic rings. The molecule has 258 valence electrons. The summed E-state index contributed by atoms with van der Waals surface area (Å²) in [6.07, 6.45) is 5.96. The van der Waals surface area contributed by atoms with E-state index in [0.29, 0.717) is 24.7 Å². The van der Waals surface area contributed by atoms with Crippen LogP contribution in [0.4, 0.5) is 21.1 Å². The van der Waals surface area contributed by atoms with Crippen molar-refractivity contribution in [2.75, 3.05) is 36.4 Å². The number of likely N-dealkylation sites (tertiary alicyclic amines) is 2. The second-order valence-corrected chi connectivity index (χ2v) is 14.0. The van der Waals surface area contributed by atoms with Crippen LogP contribution in [0.3, 0.4) is 0 Å². The summed E-state index contributed by atoms with van der Waals surface area (Å²) < 4.78 is 5.73. The maximum absolute atomic E-state index is 12.8. The number of hydrogen-bond donors (Lipinski definition) is 3. The first-order valence-electron chi connectivity index (χ1n) is 17.6. The summed E-state index contributed by atoms with van der Waals surface area (Å²) >= 11 is 0. The second kappa shape index (κ2) is 14.4. The van der Waals surface area contributed by atoms with E-state index in [0.717, 1.165) is 81.6 Å². The first-order valence-corrected chi connectivity index (χ1v) is 17.6. The second-order valence-electron chi connectivity index (χ2n) is 14.0. The highest BCUT2D eigenvalue weighted by Gasteiger charge is 2.35. The monoisotopic (exact) mass is 667 g/mol. The van der Waals surface area contributed by atoms with Crippen LogP contribution in [-0.2, 0) is 27.3 Å². The van der Waals surface area contributed by atoms with Crippen LogP contribution in [-0.4, -0.2) is 82.3 Å². The average molecular weight is 668 g/mol. The zero-order valence-electron chi connectivity index (χ0n) is 28.0. The number of amides is 5. The normalized spacial score (nSPS) is 23.2. The molecule has 4 fully saturated rings. The predicted octanol–water partition coefficient (Wildman–Crippen LogP) is 5.28. The molecule has 3 aliphatic heterocycles. The Morgan fingerprint density at radius 1 is 0.898 bits per heavy atom. The predicted molar refractivity (Wildman–Crippen MR) is 184 cm³/mol. The highest BCUT2D eigenvalue weighted by molar-refractivity contribution is 6.05. The number of aromatic nitrogens is 2. The van der Waals surface area contributed by atoms with Crippen LogP contribution in [0.1, 0.15) is 86.1 Å². The summed E-state index contributed by atoms with van der Waals surface area (Å²) in [6, 6.07) is 18.3. The molecule has 0 unspecified atom stereocenters. The van der Waals surface area contributed by atoms with E-state index in [4.69, 9.17) is 4.74 Å². The van der Waals surface area contributed by atoms with Crippen LogP contribution in [0.2, 0.25) is 0 Å². The number of carbonyl (C=O) groups is 4. The van der Waals surface area contributed by atoms with Gasteiger partial charge in [0.15, 0.2) is 5.82 Å². The summed E-state index contributed by atoms with van der Waals surface area (Å²) in [7, 11) is 0. The number of ether oxygens (including phenoxy) is 1. The third-order valence-electron chi connectivity index (χ3n) is 10.6. The van der Waals surface area contributed by atoms with E-state index in [9.17, 15) is 19.2 Å². The lowest BCUT2D eigenvalue weighted by atomic mass is 9.89. The molecule has 3 aromatic rings. The molecule has 5 amide bonds. The standard InChI is InChI=1S/C37H45N7O5/c1-24-12-18-43(24)37(48)49-31-11-8-29(21-31)32-22-33(41-40-32)38-35(46)20-25-2-4-26(5-3-25)23-42-16-13-28(14-17-42)27-6-9-30(10-7-27)44-19-15-34(45)39-36(44)47/h2-7,9-10,22,24,28-29,31H,8,11-21,23H2,1H3,(H,39,45,47)(H2,38,40,41,46)/t24-,29-,31+/m0/s1. The van der Waals surface area contributed by atoms with Crippen molar-refractivity contribution in [2.45, 2.75) is 88.8 Å². The number of piperidine rings is 1. The molecule has 2 aromatic carbocycles. The molecule has 1 aliphatic carbocycles. The van der Waals surface area contributed by atoms with Gasteiger partial charge in [-0.3, -0.25) is 29.8 Å². The van der Waals surface area contributed by atoms with Gasteiger partial charge in [-0.2, -0.15) is 5.10 Å². The van der Waals surface area contributed by atoms with Crippen LogP contribution in [0.25, 0.3) is 0 Å². The SMILES string of the molecule is C[C@H]1CCN1C(=O)O[C@@H]1CC[C@H](c2cc(NC(=O)Cc3ccc(CN4CCC(c5ccc(N6CCC(=O)NC6=O)cc5)CC4)cc3)n[nH]2)C1. The fourth-order valence-corrected chi connectivity index (χ4v) is 7.49. The van der Waals surface area contributed by atoms with Gasteiger partial charge in [-0.25, -0.2) is 9.59 Å². The molecule has 12 heteroatoms. The molecule has 1 aromatic heterocycles. The molecule has 0 bridgehead atoms. The van der Waals surface area contributed by atoms with Crippen LogP contribution in [0.5, 0.6) is 0 Å². The van der Waals surface area contributed by atoms with Crippen LogP contribution >= 0.6 is 0 Å². The Balaban J connectivity index is 0.826. The Labute approximate surface area is 286 Å². The number of benzene rings is 2. The van der Waals surface area contributed by atoms with Gasteiger partial charge in [-0.1, -0.05) is 36.4 Å². The van der Waals surface area contributed by atoms with Gasteiger partial charge in [0, 0.05) is 55.5 Å². The van der Waals surface area contributed by atoms with Gasteiger partial charge in [0.1, 0.15) is 6.10 Å². The van der Waals surface area contributed by atoms with Crippen molar-refractivity contribution in [2.24, 2.45) is 0 Å². The lowest BCUT2D eigenvalue weighted by Gasteiger charge is -2.38. The van der Waals surface area contributed by atoms with Crippen molar-refractivity contribution in [3.63, 3.8) is 0 Å². The fourth-order valence-electron chi connectivity index (χ4n) is 7.49. The number of urea groups is 1. The average Bonchev–Trinajstić information content (AvgIpc) is 3.75. The minimum atomic E-state index is -0.357. The van der Waals surface area contributed by atoms with E-state index >= 15 is 0 Å². The van der Waals surface area contributed by atoms with Crippen LogP contribution < -0.4 is 15.5 Å². The number of anilines is 2. The van der Waals surface area contributed by atoms with Crippen molar-refractivity contribution >= 4 is 35.4 Å². The molecule has 7 rings (SSSR count). The molecule has 0 radical (unpaired) electrons. The van der Waals surface area contributed by atoms with Gasteiger partial charge in [-0.15, -0.1) is 0 Å². The number of nitrogens with zero attached hydrogens (tertiary/aromatic N) is 4. The maximum atomic E-state index is 12.8. The fraction of sp³-hybridized carbons (Fsp3) is 0.486. The van der Waals surface area contributed by atoms with Gasteiger partial charge < -0.3 is 15.0 Å². The summed E-state index contributed by atoms with van der Waals surface area (Å²) in [6.45, 7) is 6.10. The molecular formula is C37H45N7O5. The summed E-state index contributed by atoms with van der Waals surface area (Å²) in [5, 5.41) is 12.7. The lowest BCUT2D eigenvalue weighted by molar-refractivity contribution is -0.120. The Morgan fingerprint density at radius 2 is 1.65 bits per heavy atom. The van der Waals surface area contributed by atoms with Gasteiger partial charge in [0.2, 0.25) is 11.8 Å². The number of hydrogen-bond acceptors (Lipinski definition) is 7. The number of imide groups is 1. The van der Waals surface area contributed by atoms with Crippen LogP contribution in [0, 0.1) is 0 Å². The van der Waals surface area contributed by atoms with Crippen molar-refractivity contribution < 1.29 is 23.9 Å². The smallest absolute Gasteiger partial charge is 0.410 e. The van der Waals surface area contributed by atoms with Gasteiger partial charge in [0.25, 0.3) is 0 Å². The van der Waals surface area contributed by atoms with Crippen LogP contribution in [0.15, 0.2) is 54.6 Å². The Morgan fingerprint density at radius 3 is 2.35 bits per heavy atom. The van der Waals surface area contributed by atoms with E-state index < -0.39 is 0 Å². The lowest BCUT2D eigenvalue weighted by Crippen LogP contribution is -2.50. The Kier molecular flexibility index (Phi) is 9.65. The molecule has 3 N–H and O–H groups in total. The molecule has 0 spiro atoms. The van der Waals surface area contributed by atoms with Crippen molar-refractivity contribution in [3.05, 3.63) is 77.0 Å². The largest absolute Gasteiger partial charge is 0.446 e. The topological polar surface area (TPSA) is 140 Å².